The fraction of sp³-hybridized carbons (Fsp3) is 0.111. The standard InChI is InChI=1S/C36H30N2O3/c1-23(25-12-15-28(16-13-25)36(40)41)37-35(39)33-22-32(26-8-4-3-5-9-26)21-31-18-19-38(34(31)33)24(2)29-17-14-27-10-6-7-11-30(27)20-29/h3-24H,1-2H3,(H,37,39)(H,40,41)/t23-,24+/m0/s1. The second-order valence-electron chi connectivity index (χ2n) is 10.5. The van der Waals surface area contributed by atoms with E-state index in [4.69, 9.17) is 0 Å². The van der Waals surface area contributed by atoms with Gasteiger partial charge < -0.3 is 15.0 Å². The van der Waals surface area contributed by atoms with Crippen molar-refractivity contribution in [3.63, 3.8) is 0 Å². The number of fused-ring (bicyclic) bond motifs is 2. The van der Waals surface area contributed by atoms with Crippen LogP contribution in [-0.4, -0.2) is 21.6 Å². The molecular weight excluding hydrogens is 508 g/mol. The van der Waals surface area contributed by atoms with Gasteiger partial charge in [0.2, 0.25) is 0 Å². The SMILES string of the molecule is C[C@H](NC(=O)c1cc(-c2ccccc2)cc2ccn([C@H](C)c3ccc4ccccc4c3)c12)c1ccc(C(=O)O)cc1. The van der Waals surface area contributed by atoms with Crippen molar-refractivity contribution < 1.29 is 14.7 Å². The maximum atomic E-state index is 14.0. The van der Waals surface area contributed by atoms with E-state index in [9.17, 15) is 14.7 Å². The lowest BCUT2D eigenvalue weighted by atomic mass is 9.98. The summed E-state index contributed by atoms with van der Waals surface area (Å²) in [5.74, 6) is -1.16. The van der Waals surface area contributed by atoms with Crippen molar-refractivity contribution in [2.24, 2.45) is 0 Å². The Hall–Kier alpha value is -5.16. The Morgan fingerprint density at radius 2 is 1.37 bits per heavy atom. The number of benzene rings is 5. The molecule has 0 radical (unpaired) electrons. The van der Waals surface area contributed by atoms with Crippen LogP contribution in [0.1, 0.15) is 57.8 Å². The van der Waals surface area contributed by atoms with Crippen LogP contribution in [0.2, 0.25) is 0 Å². The van der Waals surface area contributed by atoms with Gasteiger partial charge >= 0.3 is 5.97 Å². The van der Waals surface area contributed by atoms with Crippen LogP contribution < -0.4 is 5.32 Å². The molecule has 0 bridgehead atoms. The lowest BCUT2D eigenvalue weighted by Gasteiger charge is -2.20. The van der Waals surface area contributed by atoms with Gasteiger partial charge in [-0.25, -0.2) is 4.79 Å². The van der Waals surface area contributed by atoms with Crippen LogP contribution in [0.3, 0.4) is 0 Å². The first-order chi connectivity index (χ1) is 19.9. The number of carbonyl (C=O) groups excluding carboxylic acids is 1. The Bertz CT molecular complexity index is 1890. The van der Waals surface area contributed by atoms with Gasteiger partial charge in [0.25, 0.3) is 5.91 Å². The molecule has 1 heterocycles. The number of carbonyl (C=O) groups is 2. The maximum absolute atomic E-state index is 14.0. The summed E-state index contributed by atoms with van der Waals surface area (Å²) >= 11 is 0. The van der Waals surface area contributed by atoms with Crippen LogP contribution in [0.15, 0.2) is 121 Å². The predicted molar refractivity (Wildman–Crippen MR) is 164 cm³/mol. The molecule has 5 heteroatoms. The Morgan fingerprint density at radius 1 is 0.683 bits per heavy atom. The average molecular weight is 539 g/mol. The number of aromatic nitrogens is 1. The van der Waals surface area contributed by atoms with E-state index in [2.05, 4.69) is 65.5 Å². The molecule has 0 saturated carbocycles. The zero-order chi connectivity index (χ0) is 28.5. The van der Waals surface area contributed by atoms with Gasteiger partial charge in [0, 0.05) is 11.6 Å². The molecule has 1 amide bonds. The van der Waals surface area contributed by atoms with Crippen molar-refractivity contribution in [3.8, 4) is 11.1 Å². The minimum atomic E-state index is -0.977. The van der Waals surface area contributed by atoms with E-state index in [-0.39, 0.29) is 23.6 Å². The summed E-state index contributed by atoms with van der Waals surface area (Å²) in [6.45, 7) is 4.06. The van der Waals surface area contributed by atoms with E-state index in [1.54, 1.807) is 24.3 Å². The summed E-state index contributed by atoms with van der Waals surface area (Å²) in [6.07, 6.45) is 2.06. The normalized spacial score (nSPS) is 12.7. The number of nitrogens with one attached hydrogen (secondary N) is 1. The second-order valence-corrected chi connectivity index (χ2v) is 10.5. The first kappa shape index (κ1) is 26.1. The van der Waals surface area contributed by atoms with E-state index in [1.807, 2.05) is 55.5 Å². The van der Waals surface area contributed by atoms with Crippen LogP contribution in [0.25, 0.3) is 32.8 Å². The Kier molecular flexibility index (Phi) is 6.86. The molecule has 0 aliphatic rings. The fourth-order valence-electron chi connectivity index (χ4n) is 5.50. The third-order valence-corrected chi connectivity index (χ3v) is 7.84. The summed E-state index contributed by atoms with van der Waals surface area (Å²) < 4.78 is 2.18. The summed E-state index contributed by atoms with van der Waals surface area (Å²) in [4.78, 5) is 25.2. The number of hydrogen-bond donors (Lipinski definition) is 2. The highest BCUT2D eigenvalue weighted by molar-refractivity contribution is 6.08. The lowest BCUT2D eigenvalue weighted by molar-refractivity contribution is 0.0696. The van der Waals surface area contributed by atoms with Gasteiger partial charge in [0.15, 0.2) is 0 Å². The van der Waals surface area contributed by atoms with Crippen LogP contribution in [0.5, 0.6) is 0 Å². The van der Waals surface area contributed by atoms with Crippen molar-refractivity contribution in [2.75, 3.05) is 0 Å². The fourth-order valence-corrected chi connectivity index (χ4v) is 5.50. The molecule has 2 N–H and O–H groups in total. The Morgan fingerprint density at radius 3 is 2.10 bits per heavy atom. The van der Waals surface area contributed by atoms with Crippen LogP contribution in [-0.2, 0) is 0 Å². The van der Waals surface area contributed by atoms with Crippen LogP contribution in [0, 0.1) is 0 Å². The molecule has 0 saturated heterocycles. The summed E-state index contributed by atoms with van der Waals surface area (Å²) in [7, 11) is 0. The molecule has 0 fully saturated rings. The smallest absolute Gasteiger partial charge is 0.335 e. The van der Waals surface area contributed by atoms with Gasteiger partial charge in [-0.1, -0.05) is 78.9 Å². The molecule has 6 aromatic rings. The van der Waals surface area contributed by atoms with Gasteiger partial charge in [-0.05, 0) is 83.3 Å². The first-order valence-electron chi connectivity index (χ1n) is 13.7. The molecule has 5 nitrogen and oxygen atoms in total. The zero-order valence-corrected chi connectivity index (χ0v) is 22.9. The molecule has 202 valence electrons. The minimum absolute atomic E-state index is 0.00721. The molecular formula is C36H30N2O3. The highest BCUT2D eigenvalue weighted by Gasteiger charge is 2.21. The molecule has 1 aromatic heterocycles. The Labute approximate surface area is 238 Å². The molecule has 6 rings (SSSR count). The second kappa shape index (κ2) is 10.8. The number of hydrogen-bond acceptors (Lipinski definition) is 2. The summed E-state index contributed by atoms with van der Waals surface area (Å²) in [5.41, 5.74) is 5.67. The van der Waals surface area contributed by atoms with E-state index in [0.717, 1.165) is 33.2 Å². The van der Waals surface area contributed by atoms with E-state index >= 15 is 0 Å². The quantitative estimate of drug-likeness (QED) is 0.215. The van der Waals surface area contributed by atoms with Crippen molar-refractivity contribution >= 4 is 33.6 Å². The number of nitrogens with zero attached hydrogens (tertiary/aromatic N) is 1. The van der Waals surface area contributed by atoms with Crippen LogP contribution >= 0.6 is 0 Å². The highest BCUT2D eigenvalue weighted by atomic mass is 16.4. The summed E-state index contributed by atoms with van der Waals surface area (Å²) in [6, 6.07) is 37.4. The number of carboxylic acid groups (broad SMARTS) is 1. The average Bonchev–Trinajstić information content (AvgIpc) is 3.44. The third kappa shape index (κ3) is 5.10. The third-order valence-electron chi connectivity index (χ3n) is 7.84. The maximum Gasteiger partial charge on any atom is 0.335 e. The van der Waals surface area contributed by atoms with Gasteiger partial charge in [0.05, 0.1) is 28.7 Å². The topological polar surface area (TPSA) is 71.3 Å². The van der Waals surface area contributed by atoms with Crippen molar-refractivity contribution in [1.82, 2.24) is 9.88 Å². The number of aromatic carboxylic acids is 1. The number of rotatable bonds is 7. The lowest BCUT2D eigenvalue weighted by Crippen LogP contribution is -2.27. The van der Waals surface area contributed by atoms with Gasteiger partial charge in [-0.3, -0.25) is 4.79 Å². The van der Waals surface area contributed by atoms with Crippen molar-refractivity contribution in [2.45, 2.75) is 25.9 Å². The van der Waals surface area contributed by atoms with E-state index in [0.29, 0.717) is 5.56 Å². The molecule has 0 aliphatic carbocycles. The predicted octanol–water partition coefficient (Wildman–Crippen LogP) is 8.26. The largest absolute Gasteiger partial charge is 0.478 e. The first-order valence-corrected chi connectivity index (χ1v) is 13.7. The molecule has 2 atom stereocenters. The Balaban J connectivity index is 1.42. The van der Waals surface area contributed by atoms with E-state index in [1.165, 1.54) is 10.8 Å². The van der Waals surface area contributed by atoms with Gasteiger partial charge in [-0.15, -0.1) is 0 Å². The van der Waals surface area contributed by atoms with Crippen molar-refractivity contribution in [1.29, 1.82) is 0 Å². The van der Waals surface area contributed by atoms with Crippen LogP contribution in [0.4, 0.5) is 0 Å². The van der Waals surface area contributed by atoms with Crippen molar-refractivity contribution in [3.05, 3.63) is 144 Å². The summed E-state index contributed by atoms with van der Waals surface area (Å²) in [5, 5.41) is 15.8. The monoisotopic (exact) mass is 538 g/mol. The van der Waals surface area contributed by atoms with Gasteiger partial charge in [0.1, 0.15) is 0 Å². The molecule has 0 aliphatic heterocycles. The minimum Gasteiger partial charge on any atom is -0.478 e. The molecule has 5 aromatic carbocycles. The zero-order valence-electron chi connectivity index (χ0n) is 22.9. The van der Waals surface area contributed by atoms with E-state index < -0.39 is 5.97 Å². The molecule has 41 heavy (non-hydrogen) atoms. The highest BCUT2D eigenvalue weighted by Crippen LogP contribution is 2.33. The number of carboxylic acids is 1. The number of amides is 1. The molecule has 0 spiro atoms. The van der Waals surface area contributed by atoms with Gasteiger partial charge in [-0.2, -0.15) is 0 Å². The molecule has 0 unspecified atom stereocenters.